The number of urea groups is 1. The van der Waals surface area contributed by atoms with Gasteiger partial charge in [-0.3, -0.25) is 14.9 Å². The summed E-state index contributed by atoms with van der Waals surface area (Å²) in [6.45, 7) is 3.69. The van der Waals surface area contributed by atoms with Crippen LogP contribution < -0.4 is 16.0 Å². The maximum atomic E-state index is 11.7. The molecular formula is C12H19N3O5. The molecule has 0 aromatic heterocycles. The van der Waals surface area contributed by atoms with Crippen LogP contribution in [0.15, 0.2) is 0 Å². The molecule has 20 heavy (non-hydrogen) atoms. The summed E-state index contributed by atoms with van der Waals surface area (Å²) in [6.07, 6.45) is 0.642. The minimum absolute atomic E-state index is 0.104. The summed E-state index contributed by atoms with van der Waals surface area (Å²) in [7, 11) is 0. The lowest BCUT2D eigenvalue weighted by molar-refractivity contribution is -0.139. The molecule has 2 unspecified atom stereocenters. The maximum Gasteiger partial charge on any atom is 0.326 e. The van der Waals surface area contributed by atoms with Gasteiger partial charge in [0.15, 0.2) is 0 Å². The first-order valence-electron chi connectivity index (χ1n) is 6.43. The standard InChI is InChI=1S/C12H19N3O5/c1-6(2)5-8(11(18)19)14-12(20)13-7-3-4-9(16)15-10(7)17/h6-8H,3-5H2,1-2H3,(H,18,19)(H2,13,14,20)(H,15,16,17). The van der Waals surface area contributed by atoms with E-state index in [1.165, 1.54) is 0 Å². The Kier molecular flexibility index (Phi) is 5.48. The van der Waals surface area contributed by atoms with Gasteiger partial charge < -0.3 is 15.7 Å². The lowest BCUT2D eigenvalue weighted by Gasteiger charge is -2.23. The zero-order chi connectivity index (χ0) is 15.3. The van der Waals surface area contributed by atoms with E-state index in [9.17, 15) is 19.2 Å². The number of carbonyl (C=O) groups excluding carboxylic acids is 3. The van der Waals surface area contributed by atoms with Crippen molar-refractivity contribution in [1.82, 2.24) is 16.0 Å². The molecule has 1 aliphatic heterocycles. The number of hydrogen-bond acceptors (Lipinski definition) is 4. The quantitative estimate of drug-likeness (QED) is 0.511. The highest BCUT2D eigenvalue weighted by atomic mass is 16.4. The number of piperidine rings is 1. The topological polar surface area (TPSA) is 125 Å². The minimum Gasteiger partial charge on any atom is -0.480 e. The van der Waals surface area contributed by atoms with E-state index >= 15 is 0 Å². The average Bonchev–Trinajstić information content (AvgIpc) is 2.31. The van der Waals surface area contributed by atoms with Crippen LogP contribution in [0.5, 0.6) is 0 Å². The first kappa shape index (κ1) is 15.9. The molecule has 8 nitrogen and oxygen atoms in total. The van der Waals surface area contributed by atoms with Crippen molar-refractivity contribution in [3.05, 3.63) is 0 Å². The summed E-state index contributed by atoms with van der Waals surface area (Å²) >= 11 is 0. The lowest BCUT2D eigenvalue weighted by Crippen LogP contribution is -2.56. The van der Waals surface area contributed by atoms with Crippen molar-refractivity contribution in [3.63, 3.8) is 0 Å². The summed E-state index contributed by atoms with van der Waals surface area (Å²) < 4.78 is 0. The summed E-state index contributed by atoms with van der Waals surface area (Å²) in [6, 6.07) is -2.56. The van der Waals surface area contributed by atoms with Crippen molar-refractivity contribution in [3.8, 4) is 0 Å². The van der Waals surface area contributed by atoms with E-state index in [2.05, 4.69) is 16.0 Å². The number of aliphatic carboxylic acids is 1. The zero-order valence-electron chi connectivity index (χ0n) is 11.4. The van der Waals surface area contributed by atoms with Crippen LogP contribution in [-0.2, 0) is 14.4 Å². The molecule has 2 atom stereocenters. The van der Waals surface area contributed by atoms with Gasteiger partial charge in [0.2, 0.25) is 11.8 Å². The van der Waals surface area contributed by atoms with Gasteiger partial charge in [-0.1, -0.05) is 13.8 Å². The Morgan fingerprint density at radius 2 is 2.05 bits per heavy atom. The molecule has 1 fully saturated rings. The molecule has 8 heteroatoms. The lowest BCUT2D eigenvalue weighted by atomic mass is 10.0. The number of carboxylic acids is 1. The van der Waals surface area contributed by atoms with Gasteiger partial charge in [0.1, 0.15) is 12.1 Å². The first-order valence-corrected chi connectivity index (χ1v) is 6.43. The van der Waals surface area contributed by atoms with Crippen LogP contribution in [0.2, 0.25) is 0 Å². The fraction of sp³-hybridized carbons (Fsp3) is 0.667. The van der Waals surface area contributed by atoms with Gasteiger partial charge in [-0.2, -0.15) is 0 Å². The van der Waals surface area contributed by atoms with Gasteiger partial charge in [0.05, 0.1) is 0 Å². The molecule has 112 valence electrons. The van der Waals surface area contributed by atoms with Crippen LogP contribution in [-0.4, -0.2) is 41.0 Å². The van der Waals surface area contributed by atoms with E-state index in [1.54, 1.807) is 0 Å². The third-order valence-electron chi connectivity index (χ3n) is 2.86. The van der Waals surface area contributed by atoms with Gasteiger partial charge in [0, 0.05) is 6.42 Å². The highest BCUT2D eigenvalue weighted by Crippen LogP contribution is 2.06. The van der Waals surface area contributed by atoms with Gasteiger partial charge in [0.25, 0.3) is 0 Å². The fourth-order valence-electron chi connectivity index (χ4n) is 1.88. The highest BCUT2D eigenvalue weighted by Gasteiger charge is 2.29. The number of carbonyl (C=O) groups is 4. The van der Waals surface area contributed by atoms with Crippen molar-refractivity contribution >= 4 is 23.8 Å². The van der Waals surface area contributed by atoms with Crippen LogP contribution in [0, 0.1) is 5.92 Å². The Morgan fingerprint density at radius 1 is 1.40 bits per heavy atom. The van der Waals surface area contributed by atoms with E-state index in [1.807, 2.05) is 13.8 Å². The first-order chi connectivity index (χ1) is 9.29. The summed E-state index contributed by atoms with van der Waals surface area (Å²) in [4.78, 5) is 45.1. The number of nitrogens with one attached hydrogen (secondary N) is 3. The molecule has 0 saturated carbocycles. The molecule has 0 radical (unpaired) electrons. The predicted octanol–water partition coefficient (Wildman–Crippen LogP) is -0.410. The molecular weight excluding hydrogens is 266 g/mol. The van der Waals surface area contributed by atoms with Crippen molar-refractivity contribution in [2.24, 2.45) is 5.92 Å². The van der Waals surface area contributed by atoms with E-state index in [-0.39, 0.29) is 31.1 Å². The predicted molar refractivity (Wildman–Crippen MR) is 68.7 cm³/mol. The van der Waals surface area contributed by atoms with Gasteiger partial charge in [-0.15, -0.1) is 0 Å². The van der Waals surface area contributed by atoms with Crippen molar-refractivity contribution in [2.45, 2.75) is 45.2 Å². The highest BCUT2D eigenvalue weighted by molar-refractivity contribution is 6.01. The van der Waals surface area contributed by atoms with Crippen LogP contribution in [0.25, 0.3) is 0 Å². The monoisotopic (exact) mass is 285 g/mol. The molecule has 1 aliphatic rings. The van der Waals surface area contributed by atoms with Crippen molar-refractivity contribution in [2.75, 3.05) is 0 Å². The molecule has 0 bridgehead atoms. The molecule has 0 aromatic carbocycles. The largest absolute Gasteiger partial charge is 0.480 e. The third-order valence-corrected chi connectivity index (χ3v) is 2.86. The SMILES string of the molecule is CC(C)CC(NC(=O)NC1CCC(=O)NC1=O)C(=O)O. The summed E-state index contributed by atoms with van der Waals surface area (Å²) in [5.41, 5.74) is 0. The number of hydrogen-bond donors (Lipinski definition) is 4. The maximum absolute atomic E-state index is 11.7. The van der Waals surface area contributed by atoms with E-state index in [0.717, 1.165) is 0 Å². The third kappa shape index (κ3) is 4.87. The second-order valence-corrected chi connectivity index (χ2v) is 5.14. The van der Waals surface area contributed by atoms with Crippen molar-refractivity contribution < 1.29 is 24.3 Å². The van der Waals surface area contributed by atoms with Gasteiger partial charge in [-0.05, 0) is 18.8 Å². The smallest absolute Gasteiger partial charge is 0.326 e. The van der Waals surface area contributed by atoms with Gasteiger partial charge in [-0.25, -0.2) is 9.59 Å². The van der Waals surface area contributed by atoms with Crippen LogP contribution >= 0.6 is 0 Å². The van der Waals surface area contributed by atoms with E-state index < -0.39 is 30.0 Å². The molecule has 4 N–H and O–H groups in total. The molecule has 1 heterocycles. The zero-order valence-corrected chi connectivity index (χ0v) is 11.4. The Labute approximate surface area is 116 Å². The molecule has 1 rings (SSSR count). The Hall–Kier alpha value is -2.12. The Balaban J connectivity index is 2.51. The molecule has 4 amide bonds. The Morgan fingerprint density at radius 3 is 2.55 bits per heavy atom. The molecule has 0 aliphatic carbocycles. The summed E-state index contributed by atoms with van der Waals surface area (Å²) in [5, 5.41) is 15.8. The van der Waals surface area contributed by atoms with Crippen LogP contribution in [0.4, 0.5) is 4.79 Å². The second-order valence-electron chi connectivity index (χ2n) is 5.14. The molecule has 0 aromatic rings. The van der Waals surface area contributed by atoms with Gasteiger partial charge >= 0.3 is 12.0 Å². The average molecular weight is 285 g/mol. The fourth-order valence-corrected chi connectivity index (χ4v) is 1.88. The van der Waals surface area contributed by atoms with E-state index in [0.29, 0.717) is 0 Å². The minimum atomic E-state index is -1.13. The van der Waals surface area contributed by atoms with Crippen LogP contribution in [0.3, 0.4) is 0 Å². The normalized spacial score (nSPS) is 20.2. The number of imide groups is 1. The number of rotatable bonds is 5. The molecule has 1 saturated heterocycles. The molecule has 0 spiro atoms. The van der Waals surface area contributed by atoms with Crippen molar-refractivity contribution in [1.29, 1.82) is 0 Å². The second kappa shape index (κ2) is 6.88. The number of amides is 4. The number of carboxylic acid groups (broad SMARTS) is 1. The summed E-state index contributed by atoms with van der Waals surface area (Å²) in [5.74, 6) is -1.98. The van der Waals surface area contributed by atoms with E-state index in [4.69, 9.17) is 5.11 Å². The van der Waals surface area contributed by atoms with Crippen LogP contribution in [0.1, 0.15) is 33.1 Å². The Bertz CT molecular complexity index is 421.